The Morgan fingerprint density at radius 2 is 2.30 bits per heavy atom. The van der Waals surface area contributed by atoms with Crippen molar-refractivity contribution in [3.8, 4) is 0 Å². The molecule has 9 nitrogen and oxygen atoms in total. The van der Waals surface area contributed by atoms with Gasteiger partial charge in [0.25, 0.3) is 0 Å². The number of rotatable bonds is 5. The van der Waals surface area contributed by atoms with Gasteiger partial charge in [0.1, 0.15) is 18.0 Å². The third-order valence-electron chi connectivity index (χ3n) is 2.31. The Bertz CT molecular complexity index is 577. The molecular weight excluding hydrogens is 266 g/mol. The lowest BCUT2D eigenvalue weighted by molar-refractivity contribution is -0.120. The summed E-state index contributed by atoms with van der Waals surface area (Å²) in [7, 11) is 0. The van der Waals surface area contributed by atoms with E-state index in [4.69, 9.17) is 9.52 Å². The van der Waals surface area contributed by atoms with Crippen molar-refractivity contribution in [1.82, 2.24) is 25.6 Å². The molecule has 2 aromatic heterocycles. The normalized spacial score (nSPS) is 10.2. The van der Waals surface area contributed by atoms with Gasteiger partial charge in [-0.1, -0.05) is 5.21 Å². The highest BCUT2D eigenvalue weighted by molar-refractivity contribution is 5.94. The van der Waals surface area contributed by atoms with E-state index in [-0.39, 0.29) is 19.7 Å². The summed E-state index contributed by atoms with van der Waals surface area (Å²) in [5.41, 5.74) is 0.347. The van der Waals surface area contributed by atoms with Gasteiger partial charge in [0.2, 0.25) is 5.91 Å². The summed E-state index contributed by atoms with van der Waals surface area (Å²) in [5.74, 6) is 0.0350. The van der Waals surface area contributed by atoms with E-state index >= 15 is 0 Å². The van der Waals surface area contributed by atoms with E-state index in [0.29, 0.717) is 11.5 Å². The molecule has 9 heteroatoms. The number of furan rings is 1. The average molecular weight is 279 g/mol. The van der Waals surface area contributed by atoms with E-state index in [1.807, 2.05) is 0 Å². The van der Waals surface area contributed by atoms with Gasteiger partial charge in [-0.25, -0.2) is 9.48 Å². The number of nitrogens with one attached hydrogen (secondary N) is 2. The molecule has 3 N–H and O–H groups in total. The fourth-order valence-electron chi connectivity index (χ4n) is 1.43. The third kappa shape index (κ3) is 3.92. The number of carbonyl (C=O) groups is 2. The molecule has 0 aliphatic heterocycles. The van der Waals surface area contributed by atoms with Crippen molar-refractivity contribution in [3.05, 3.63) is 36.0 Å². The molecule has 0 fully saturated rings. The van der Waals surface area contributed by atoms with E-state index in [1.165, 1.54) is 17.1 Å². The van der Waals surface area contributed by atoms with Crippen molar-refractivity contribution in [2.75, 3.05) is 0 Å². The van der Waals surface area contributed by atoms with Crippen LogP contribution in [0.5, 0.6) is 0 Å². The topological polar surface area (TPSA) is 122 Å². The first-order valence-electron chi connectivity index (χ1n) is 5.77. The Hall–Kier alpha value is -2.68. The zero-order valence-corrected chi connectivity index (χ0v) is 10.4. The molecule has 20 heavy (non-hydrogen) atoms. The van der Waals surface area contributed by atoms with Crippen LogP contribution < -0.4 is 10.6 Å². The van der Waals surface area contributed by atoms with Crippen LogP contribution in [-0.4, -0.2) is 32.0 Å². The summed E-state index contributed by atoms with van der Waals surface area (Å²) < 4.78 is 6.25. The molecule has 0 saturated heterocycles. The molecule has 106 valence electrons. The largest absolute Gasteiger partial charge is 0.467 e. The molecule has 0 unspecified atom stereocenters. The lowest BCUT2D eigenvalue weighted by atomic mass is 10.4. The highest BCUT2D eigenvalue weighted by atomic mass is 16.3. The minimum atomic E-state index is -0.631. The van der Waals surface area contributed by atoms with Crippen molar-refractivity contribution in [3.63, 3.8) is 0 Å². The van der Waals surface area contributed by atoms with Crippen LogP contribution >= 0.6 is 0 Å². The summed E-state index contributed by atoms with van der Waals surface area (Å²) in [4.78, 5) is 23.0. The molecule has 2 aromatic rings. The van der Waals surface area contributed by atoms with Gasteiger partial charge < -0.3 is 14.8 Å². The maximum atomic E-state index is 11.5. The van der Waals surface area contributed by atoms with Crippen LogP contribution in [0.3, 0.4) is 0 Å². The molecule has 0 saturated carbocycles. The number of aliphatic hydroxyl groups is 1. The van der Waals surface area contributed by atoms with Crippen LogP contribution in [0, 0.1) is 0 Å². The Labute approximate surface area is 113 Å². The van der Waals surface area contributed by atoms with Gasteiger partial charge in [-0.15, -0.1) is 5.10 Å². The summed E-state index contributed by atoms with van der Waals surface area (Å²) in [5, 5.41) is 20.6. The van der Waals surface area contributed by atoms with Gasteiger partial charge in [0, 0.05) is 0 Å². The van der Waals surface area contributed by atoms with Crippen molar-refractivity contribution in [1.29, 1.82) is 0 Å². The highest BCUT2D eigenvalue weighted by Gasteiger charge is 2.10. The van der Waals surface area contributed by atoms with E-state index < -0.39 is 11.9 Å². The standard InChI is InChI=1S/C11H13N5O4/c17-7-8-5-16(15-14-8)6-10(18)13-11(19)12-4-9-2-1-3-20-9/h1-3,5,17H,4,6-7H2,(H2,12,13,18,19). The molecule has 0 radical (unpaired) electrons. The predicted octanol–water partition coefficient (Wildman–Crippen LogP) is -0.611. The summed E-state index contributed by atoms with van der Waals surface area (Å²) in [6.45, 7) is -0.240. The second-order valence-corrected chi connectivity index (χ2v) is 3.88. The predicted molar refractivity (Wildman–Crippen MR) is 65.0 cm³/mol. The number of carbonyl (C=O) groups excluding carboxylic acids is 2. The number of hydrogen-bond acceptors (Lipinski definition) is 6. The number of aromatic nitrogens is 3. The lowest BCUT2D eigenvalue weighted by Gasteiger charge is -2.05. The summed E-state index contributed by atoms with van der Waals surface area (Å²) in [6.07, 6.45) is 2.91. The number of amides is 3. The van der Waals surface area contributed by atoms with Crippen molar-refractivity contribution in [2.24, 2.45) is 0 Å². The van der Waals surface area contributed by atoms with Gasteiger partial charge >= 0.3 is 6.03 Å². The first kappa shape index (κ1) is 13.7. The highest BCUT2D eigenvalue weighted by Crippen LogP contribution is 1.98. The van der Waals surface area contributed by atoms with Crippen LogP contribution in [0.2, 0.25) is 0 Å². The molecule has 0 spiro atoms. The summed E-state index contributed by atoms with van der Waals surface area (Å²) in [6, 6.07) is 2.77. The molecule has 0 bridgehead atoms. The first-order chi connectivity index (χ1) is 9.67. The van der Waals surface area contributed by atoms with Gasteiger partial charge in [0.05, 0.1) is 25.6 Å². The maximum Gasteiger partial charge on any atom is 0.321 e. The van der Waals surface area contributed by atoms with Crippen molar-refractivity contribution in [2.45, 2.75) is 19.7 Å². The number of nitrogens with zero attached hydrogens (tertiary/aromatic N) is 3. The number of urea groups is 1. The van der Waals surface area contributed by atoms with Gasteiger partial charge in [-0.05, 0) is 12.1 Å². The molecular formula is C11H13N5O4. The molecule has 0 atom stereocenters. The minimum absolute atomic E-state index is 0.166. The van der Waals surface area contributed by atoms with Crippen LogP contribution in [0.1, 0.15) is 11.5 Å². The van der Waals surface area contributed by atoms with E-state index in [2.05, 4.69) is 20.9 Å². The molecule has 3 amide bonds. The Kier molecular flexibility index (Phi) is 4.45. The quantitative estimate of drug-likeness (QED) is 0.671. The Balaban J connectivity index is 1.74. The van der Waals surface area contributed by atoms with E-state index in [0.717, 1.165) is 0 Å². The average Bonchev–Trinajstić information content (AvgIpc) is 3.06. The van der Waals surface area contributed by atoms with Crippen LogP contribution in [0.4, 0.5) is 4.79 Å². The second-order valence-electron chi connectivity index (χ2n) is 3.88. The van der Waals surface area contributed by atoms with E-state index in [1.54, 1.807) is 12.1 Å². The lowest BCUT2D eigenvalue weighted by Crippen LogP contribution is -2.40. The maximum absolute atomic E-state index is 11.5. The van der Waals surface area contributed by atoms with Crippen LogP contribution in [0.15, 0.2) is 29.0 Å². The van der Waals surface area contributed by atoms with Crippen LogP contribution in [-0.2, 0) is 24.5 Å². The Morgan fingerprint density at radius 3 is 2.95 bits per heavy atom. The van der Waals surface area contributed by atoms with Gasteiger partial charge in [-0.2, -0.15) is 0 Å². The molecule has 0 aromatic carbocycles. The fraction of sp³-hybridized carbons (Fsp3) is 0.273. The zero-order valence-electron chi connectivity index (χ0n) is 10.4. The molecule has 0 aliphatic rings. The van der Waals surface area contributed by atoms with Crippen molar-refractivity contribution < 1.29 is 19.1 Å². The zero-order chi connectivity index (χ0) is 14.4. The number of aliphatic hydroxyl groups excluding tert-OH is 1. The SMILES string of the molecule is O=C(Cn1cc(CO)nn1)NC(=O)NCc1ccco1. The van der Waals surface area contributed by atoms with E-state index in [9.17, 15) is 9.59 Å². The second kappa shape index (κ2) is 6.48. The number of imide groups is 1. The summed E-state index contributed by atoms with van der Waals surface area (Å²) >= 11 is 0. The molecule has 2 heterocycles. The smallest absolute Gasteiger partial charge is 0.321 e. The monoisotopic (exact) mass is 279 g/mol. The molecule has 2 rings (SSSR count). The molecule has 0 aliphatic carbocycles. The van der Waals surface area contributed by atoms with Gasteiger partial charge in [-0.3, -0.25) is 10.1 Å². The Morgan fingerprint density at radius 1 is 1.45 bits per heavy atom. The minimum Gasteiger partial charge on any atom is -0.467 e. The van der Waals surface area contributed by atoms with Crippen LogP contribution in [0.25, 0.3) is 0 Å². The first-order valence-corrected chi connectivity index (χ1v) is 5.77. The third-order valence-corrected chi connectivity index (χ3v) is 2.31. The van der Waals surface area contributed by atoms with Gasteiger partial charge in [0.15, 0.2) is 0 Å². The number of hydrogen-bond donors (Lipinski definition) is 3. The fourth-order valence-corrected chi connectivity index (χ4v) is 1.43. The van der Waals surface area contributed by atoms with Crippen molar-refractivity contribution >= 4 is 11.9 Å².